The predicted molar refractivity (Wildman–Crippen MR) is 91.0 cm³/mol. The zero-order valence-electron chi connectivity index (χ0n) is 13.8. The van der Waals surface area contributed by atoms with Crippen LogP contribution in [0.4, 0.5) is 5.95 Å². The Labute approximate surface area is 144 Å². The molecule has 1 amide bonds. The second-order valence-corrected chi connectivity index (χ2v) is 6.06. The van der Waals surface area contributed by atoms with Crippen LogP contribution in [0.1, 0.15) is 16.8 Å². The van der Waals surface area contributed by atoms with Crippen molar-refractivity contribution in [3.8, 4) is 11.3 Å². The fourth-order valence-electron chi connectivity index (χ4n) is 2.94. The standard InChI is InChI=1S/C17H18N6O2/c1-22-9-13(8-19-22)15-2-5-18-17(21-15)23-6-3-14(10-23)20-16(24)12-4-7-25-11-12/h2,4-5,7-9,11,14H,3,6,10H2,1H3,(H,20,24). The molecule has 1 aliphatic rings. The molecule has 0 spiro atoms. The monoisotopic (exact) mass is 338 g/mol. The second kappa shape index (κ2) is 6.39. The summed E-state index contributed by atoms with van der Waals surface area (Å²) in [6, 6.07) is 3.59. The van der Waals surface area contributed by atoms with E-state index in [-0.39, 0.29) is 11.9 Å². The molecule has 8 nitrogen and oxygen atoms in total. The number of anilines is 1. The average molecular weight is 338 g/mol. The lowest BCUT2D eigenvalue weighted by molar-refractivity contribution is 0.0939. The minimum absolute atomic E-state index is 0.0630. The number of hydrogen-bond donors (Lipinski definition) is 1. The van der Waals surface area contributed by atoms with Gasteiger partial charge < -0.3 is 14.6 Å². The summed E-state index contributed by atoms with van der Waals surface area (Å²) in [5.41, 5.74) is 2.33. The maximum absolute atomic E-state index is 12.1. The van der Waals surface area contributed by atoms with E-state index in [1.54, 1.807) is 23.1 Å². The Kier molecular flexibility index (Phi) is 3.93. The van der Waals surface area contributed by atoms with Crippen LogP contribution >= 0.6 is 0 Å². The van der Waals surface area contributed by atoms with E-state index in [1.807, 2.05) is 19.3 Å². The van der Waals surface area contributed by atoms with Gasteiger partial charge in [-0.2, -0.15) is 5.10 Å². The molecule has 1 N–H and O–H groups in total. The maximum atomic E-state index is 12.1. The number of aromatic nitrogens is 4. The van der Waals surface area contributed by atoms with Gasteiger partial charge in [0.05, 0.1) is 23.7 Å². The molecule has 3 aromatic heterocycles. The van der Waals surface area contributed by atoms with Crippen LogP contribution in [0.15, 0.2) is 47.7 Å². The van der Waals surface area contributed by atoms with Gasteiger partial charge in [-0.15, -0.1) is 0 Å². The van der Waals surface area contributed by atoms with Crippen molar-refractivity contribution in [1.29, 1.82) is 0 Å². The van der Waals surface area contributed by atoms with Crippen LogP contribution < -0.4 is 10.2 Å². The highest BCUT2D eigenvalue weighted by Gasteiger charge is 2.26. The van der Waals surface area contributed by atoms with E-state index in [2.05, 4.69) is 25.3 Å². The molecule has 4 heterocycles. The number of amides is 1. The Morgan fingerprint density at radius 3 is 3.08 bits per heavy atom. The molecule has 4 rings (SSSR count). The first-order valence-corrected chi connectivity index (χ1v) is 8.09. The van der Waals surface area contributed by atoms with E-state index in [1.165, 1.54) is 12.5 Å². The van der Waals surface area contributed by atoms with Crippen molar-refractivity contribution >= 4 is 11.9 Å². The van der Waals surface area contributed by atoms with E-state index in [9.17, 15) is 4.79 Å². The van der Waals surface area contributed by atoms with Crippen molar-refractivity contribution < 1.29 is 9.21 Å². The summed E-state index contributed by atoms with van der Waals surface area (Å²) in [5, 5.41) is 7.20. The van der Waals surface area contributed by atoms with E-state index in [0.29, 0.717) is 18.1 Å². The molecule has 1 unspecified atom stereocenters. The Morgan fingerprint density at radius 1 is 1.40 bits per heavy atom. The van der Waals surface area contributed by atoms with Crippen molar-refractivity contribution in [3.63, 3.8) is 0 Å². The summed E-state index contributed by atoms with van der Waals surface area (Å²) in [4.78, 5) is 23.2. The molecule has 8 heteroatoms. The molecule has 3 aromatic rings. The van der Waals surface area contributed by atoms with Crippen molar-refractivity contribution in [2.45, 2.75) is 12.5 Å². The molecule has 0 aliphatic carbocycles. The van der Waals surface area contributed by atoms with E-state index < -0.39 is 0 Å². The molecule has 0 radical (unpaired) electrons. The van der Waals surface area contributed by atoms with Crippen LogP contribution in [0.25, 0.3) is 11.3 Å². The molecular formula is C17H18N6O2. The van der Waals surface area contributed by atoms with Crippen LogP contribution in [0.3, 0.4) is 0 Å². The number of nitrogens with zero attached hydrogens (tertiary/aromatic N) is 5. The third kappa shape index (κ3) is 3.23. The highest BCUT2D eigenvalue weighted by Crippen LogP contribution is 2.21. The van der Waals surface area contributed by atoms with Crippen LogP contribution in [0, 0.1) is 0 Å². The smallest absolute Gasteiger partial charge is 0.254 e. The second-order valence-electron chi connectivity index (χ2n) is 6.06. The molecule has 0 bridgehead atoms. The van der Waals surface area contributed by atoms with Gasteiger partial charge in [-0.1, -0.05) is 0 Å². The first-order valence-electron chi connectivity index (χ1n) is 8.09. The number of carbonyl (C=O) groups is 1. The third-order valence-electron chi connectivity index (χ3n) is 4.23. The summed E-state index contributed by atoms with van der Waals surface area (Å²) < 4.78 is 6.69. The average Bonchev–Trinajstić information content (AvgIpc) is 3.36. The fourth-order valence-corrected chi connectivity index (χ4v) is 2.94. The molecule has 25 heavy (non-hydrogen) atoms. The largest absolute Gasteiger partial charge is 0.472 e. The van der Waals surface area contributed by atoms with Gasteiger partial charge in [0.25, 0.3) is 5.91 Å². The molecule has 1 atom stereocenters. The first kappa shape index (κ1) is 15.4. The van der Waals surface area contributed by atoms with Gasteiger partial charge >= 0.3 is 0 Å². The van der Waals surface area contributed by atoms with E-state index in [0.717, 1.165) is 24.2 Å². The predicted octanol–water partition coefficient (Wildman–Crippen LogP) is 1.48. The summed E-state index contributed by atoms with van der Waals surface area (Å²) in [6.07, 6.45) is 9.25. The van der Waals surface area contributed by atoms with Crippen LogP contribution in [0.2, 0.25) is 0 Å². The van der Waals surface area contributed by atoms with Gasteiger partial charge in [0.15, 0.2) is 0 Å². The maximum Gasteiger partial charge on any atom is 0.254 e. The van der Waals surface area contributed by atoms with Crippen LogP contribution in [-0.2, 0) is 7.05 Å². The number of rotatable bonds is 4. The molecule has 128 valence electrons. The third-order valence-corrected chi connectivity index (χ3v) is 4.23. The summed E-state index contributed by atoms with van der Waals surface area (Å²) in [5.74, 6) is 0.548. The summed E-state index contributed by atoms with van der Waals surface area (Å²) in [7, 11) is 1.87. The lowest BCUT2D eigenvalue weighted by atomic mass is 10.2. The SMILES string of the molecule is Cn1cc(-c2ccnc(N3CCC(NC(=O)c4ccoc4)C3)n2)cn1. The molecule has 0 saturated carbocycles. The minimum atomic E-state index is -0.120. The quantitative estimate of drug-likeness (QED) is 0.775. The van der Waals surface area contributed by atoms with E-state index in [4.69, 9.17) is 4.42 Å². The zero-order chi connectivity index (χ0) is 17.2. The van der Waals surface area contributed by atoms with Crippen molar-refractivity contribution in [1.82, 2.24) is 25.1 Å². The summed E-state index contributed by atoms with van der Waals surface area (Å²) >= 11 is 0. The normalized spacial score (nSPS) is 17.0. The topological polar surface area (TPSA) is 89.1 Å². The van der Waals surface area contributed by atoms with Gasteiger partial charge in [-0.3, -0.25) is 9.48 Å². The lowest BCUT2D eigenvalue weighted by Gasteiger charge is -2.17. The van der Waals surface area contributed by atoms with Crippen molar-refractivity contribution in [2.75, 3.05) is 18.0 Å². The molecule has 1 saturated heterocycles. The number of hydrogen-bond acceptors (Lipinski definition) is 6. The number of carbonyl (C=O) groups excluding carboxylic acids is 1. The van der Waals surface area contributed by atoms with Gasteiger partial charge in [0.1, 0.15) is 6.26 Å². The Morgan fingerprint density at radius 2 is 2.32 bits per heavy atom. The van der Waals surface area contributed by atoms with Gasteiger partial charge in [-0.05, 0) is 18.6 Å². The van der Waals surface area contributed by atoms with Crippen LogP contribution in [0.5, 0.6) is 0 Å². The van der Waals surface area contributed by atoms with Crippen molar-refractivity contribution in [2.24, 2.45) is 7.05 Å². The lowest BCUT2D eigenvalue weighted by Crippen LogP contribution is -2.37. The molecular weight excluding hydrogens is 320 g/mol. The number of nitrogens with one attached hydrogen (secondary N) is 1. The van der Waals surface area contributed by atoms with Gasteiger partial charge in [0, 0.05) is 44.1 Å². The Balaban J connectivity index is 1.44. The van der Waals surface area contributed by atoms with Gasteiger partial charge in [0.2, 0.25) is 5.95 Å². The molecule has 1 fully saturated rings. The fraction of sp³-hybridized carbons (Fsp3) is 0.294. The Bertz CT molecular complexity index is 873. The zero-order valence-corrected chi connectivity index (χ0v) is 13.8. The summed E-state index contributed by atoms with van der Waals surface area (Å²) in [6.45, 7) is 1.48. The van der Waals surface area contributed by atoms with Crippen molar-refractivity contribution in [3.05, 3.63) is 48.8 Å². The molecule has 0 aromatic carbocycles. The first-order chi connectivity index (χ1) is 12.2. The minimum Gasteiger partial charge on any atom is -0.472 e. The number of aryl methyl sites for hydroxylation is 1. The van der Waals surface area contributed by atoms with Crippen LogP contribution in [-0.4, -0.2) is 44.8 Å². The van der Waals surface area contributed by atoms with Gasteiger partial charge in [-0.25, -0.2) is 9.97 Å². The Hall–Kier alpha value is -3.16. The number of furan rings is 1. The van der Waals surface area contributed by atoms with E-state index >= 15 is 0 Å². The highest BCUT2D eigenvalue weighted by atomic mass is 16.3. The highest BCUT2D eigenvalue weighted by molar-refractivity contribution is 5.94. The molecule has 1 aliphatic heterocycles.